The maximum atomic E-state index is 11.0. The number of carboxylic acid groups (broad SMARTS) is 1. The van der Waals surface area contributed by atoms with Crippen molar-refractivity contribution in [2.75, 3.05) is 11.9 Å². The molecule has 0 saturated heterocycles. The molecule has 0 radical (unpaired) electrons. The molecule has 0 aromatic carbocycles. The highest BCUT2D eigenvalue weighted by Gasteiger charge is 2.10. The summed E-state index contributed by atoms with van der Waals surface area (Å²) in [6.45, 7) is 5.35. The summed E-state index contributed by atoms with van der Waals surface area (Å²) < 4.78 is 1.94. The number of aromatic carboxylic acids is 1. The molecule has 0 bridgehead atoms. The van der Waals surface area contributed by atoms with Gasteiger partial charge in [0.2, 0.25) is 0 Å². The van der Waals surface area contributed by atoms with Crippen molar-refractivity contribution < 1.29 is 9.90 Å². The van der Waals surface area contributed by atoms with Crippen LogP contribution in [0, 0.1) is 13.8 Å². The van der Waals surface area contributed by atoms with E-state index in [1.54, 1.807) is 0 Å². The molecule has 0 aliphatic rings. The van der Waals surface area contributed by atoms with Crippen LogP contribution in [0.5, 0.6) is 0 Å². The Labute approximate surface area is 116 Å². The molecule has 0 spiro atoms. The van der Waals surface area contributed by atoms with Crippen LogP contribution in [0.2, 0.25) is 0 Å². The van der Waals surface area contributed by atoms with E-state index in [2.05, 4.69) is 20.6 Å². The molecule has 2 heterocycles. The van der Waals surface area contributed by atoms with Crippen LogP contribution in [0.1, 0.15) is 28.2 Å². The Balaban J connectivity index is 1.88. The molecule has 0 fully saturated rings. The monoisotopic (exact) mass is 275 g/mol. The normalized spacial score (nSPS) is 10.5. The van der Waals surface area contributed by atoms with Gasteiger partial charge < -0.3 is 10.4 Å². The average Bonchev–Trinajstić information content (AvgIpc) is 2.73. The van der Waals surface area contributed by atoms with Gasteiger partial charge in [-0.3, -0.25) is 4.68 Å². The highest BCUT2D eigenvalue weighted by molar-refractivity contribution is 5.92. The zero-order valence-corrected chi connectivity index (χ0v) is 11.5. The van der Waals surface area contributed by atoms with E-state index in [0.29, 0.717) is 12.4 Å². The summed E-state index contributed by atoms with van der Waals surface area (Å²) in [6, 6.07) is 3.46. The van der Waals surface area contributed by atoms with Crippen LogP contribution in [0.4, 0.5) is 5.82 Å². The van der Waals surface area contributed by atoms with E-state index in [9.17, 15) is 4.79 Å². The number of carboxylic acids is 1. The lowest BCUT2D eigenvalue weighted by molar-refractivity contribution is 0.0697. The molecule has 0 aliphatic carbocycles. The zero-order chi connectivity index (χ0) is 14.5. The maximum absolute atomic E-state index is 11.0. The first-order chi connectivity index (χ1) is 9.58. The van der Waals surface area contributed by atoms with Crippen LogP contribution in [-0.4, -0.2) is 37.6 Å². The van der Waals surface area contributed by atoms with Gasteiger partial charge in [-0.15, -0.1) is 5.10 Å². The molecule has 0 amide bonds. The molecule has 2 N–H and O–H groups in total. The third kappa shape index (κ3) is 3.31. The number of aromatic nitrogens is 4. The van der Waals surface area contributed by atoms with Gasteiger partial charge >= 0.3 is 5.97 Å². The van der Waals surface area contributed by atoms with Crippen molar-refractivity contribution in [3.05, 3.63) is 35.3 Å². The first-order valence-electron chi connectivity index (χ1n) is 6.38. The number of hydrogen-bond donors (Lipinski definition) is 2. The van der Waals surface area contributed by atoms with Crippen molar-refractivity contribution in [1.29, 1.82) is 0 Å². The summed E-state index contributed by atoms with van der Waals surface area (Å²) >= 11 is 0. The zero-order valence-electron chi connectivity index (χ0n) is 11.5. The van der Waals surface area contributed by atoms with Gasteiger partial charge in [0.05, 0.1) is 11.9 Å². The van der Waals surface area contributed by atoms with Gasteiger partial charge in [-0.05, 0) is 32.4 Å². The number of nitrogens with one attached hydrogen (secondary N) is 1. The Morgan fingerprint density at radius 2 is 2.25 bits per heavy atom. The number of carbonyl (C=O) groups is 1. The molecule has 0 atom stereocenters. The van der Waals surface area contributed by atoms with Gasteiger partial charge in [0.1, 0.15) is 5.56 Å². The summed E-state index contributed by atoms with van der Waals surface area (Å²) in [4.78, 5) is 11.0. The predicted octanol–water partition coefficient (Wildman–Crippen LogP) is 1.49. The summed E-state index contributed by atoms with van der Waals surface area (Å²) in [5.74, 6) is -0.714. The molecule has 20 heavy (non-hydrogen) atoms. The van der Waals surface area contributed by atoms with Gasteiger partial charge in [-0.1, -0.05) is 0 Å². The third-order valence-electron chi connectivity index (χ3n) is 2.89. The van der Waals surface area contributed by atoms with E-state index in [4.69, 9.17) is 5.11 Å². The van der Waals surface area contributed by atoms with Gasteiger partial charge in [0.25, 0.3) is 0 Å². The van der Waals surface area contributed by atoms with E-state index in [1.807, 2.05) is 24.6 Å². The second-order valence-electron chi connectivity index (χ2n) is 4.53. The fourth-order valence-corrected chi connectivity index (χ4v) is 1.97. The Morgan fingerprint density at radius 3 is 2.90 bits per heavy atom. The molecule has 7 nitrogen and oxygen atoms in total. The fraction of sp³-hybridized carbons (Fsp3) is 0.385. The van der Waals surface area contributed by atoms with Gasteiger partial charge in [-0.2, -0.15) is 10.2 Å². The van der Waals surface area contributed by atoms with Crippen LogP contribution in [0.15, 0.2) is 18.3 Å². The molecule has 2 aromatic rings. The first kappa shape index (κ1) is 14.0. The summed E-state index contributed by atoms with van der Waals surface area (Å²) in [5, 5.41) is 23.9. The van der Waals surface area contributed by atoms with E-state index in [0.717, 1.165) is 24.4 Å². The SMILES string of the molecule is Cc1cc(C)n(CCCNc2nnccc2C(=O)O)n1. The number of rotatable bonds is 6. The lowest BCUT2D eigenvalue weighted by Crippen LogP contribution is -2.13. The summed E-state index contributed by atoms with van der Waals surface area (Å²) in [7, 11) is 0. The molecule has 0 unspecified atom stereocenters. The minimum Gasteiger partial charge on any atom is -0.478 e. The van der Waals surface area contributed by atoms with Crippen molar-refractivity contribution in [3.8, 4) is 0 Å². The lowest BCUT2D eigenvalue weighted by atomic mass is 10.3. The second-order valence-corrected chi connectivity index (χ2v) is 4.53. The van der Waals surface area contributed by atoms with Crippen LogP contribution >= 0.6 is 0 Å². The largest absolute Gasteiger partial charge is 0.478 e. The Hall–Kier alpha value is -2.44. The van der Waals surface area contributed by atoms with E-state index in [1.165, 1.54) is 12.3 Å². The number of nitrogens with zero attached hydrogens (tertiary/aromatic N) is 4. The Kier molecular flexibility index (Phi) is 4.29. The average molecular weight is 275 g/mol. The van der Waals surface area contributed by atoms with E-state index < -0.39 is 5.97 Å². The maximum Gasteiger partial charge on any atom is 0.339 e. The van der Waals surface area contributed by atoms with Crippen LogP contribution < -0.4 is 5.32 Å². The summed E-state index contributed by atoms with van der Waals surface area (Å²) in [6.07, 6.45) is 2.18. The second kappa shape index (κ2) is 6.14. The minimum atomic E-state index is -1.01. The van der Waals surface area contributed by atoms with Gasteiger partial charge in [-0.25, -0.2) is 4.79 Å². The van der Waals surface area contributed by atoms with Crippen molar-refractivity contribution in [2.24, 2.45) is 0 Å². The smallest absolute Gasteiger partial charge is 0.339 e. The number of anilines is 1. The summed E-state index contributed by atoms with van der Waals surface area (Å²) in [5.41, 5.74) is 2.25. The van der Waals surface area contributed by atoms with E-state index in [-0.39, 0.29) is 5.56 Å². The number of aryl methyl sites for hydroxylation is 3. The van der Waals surface area contributed by atoms with Crippen molar-refractivity contribution in [2.45, 2.75) is 26.8 Å². The predicted molar refractivity (Wildman–Crippen MR) is 73.8 cm³/mol. The third-order valence-corrected chi connectivity index (χ3v) is 2.89. The Bertz CT molecular complexity index is 609. The van der Waals surface area contributed by atoms with Crippen molar-refractivity contribution in [3.63, 3.8) is 0 Å². The molecular formula is C13H17N5O2. The quantitative estimate of drug-likeness (QED) is 0.776. The highest BCUT2D eigenvalue weighted by Crippen LogP contribution is 2.10. The van der Waals surface area contributed by atoms with Gasteiger partial charge in [0.15, 0.2) is 5.82 Å². The Morgan fingerprint density at radius 1 is 1.45 bits per heavy atom. The molecule has 0 aliphatic heterocycles. The number of hydrogen-bond acceptors (Lipinski definition) is 5. The standard InChI is InChI=1S/C13H17N5O2/c1-9-8-10(2)18(17-9)7-3-5-14-12-11(13(19)20)4-6-15-16-12/h4,6,8H,3,5,7H2,1-2H3,(H,14,16)(H,19,20). The lowest BCUT2D eigenvalue weighted by Gasteiger charge is -2.08. The van der Waals surface area contributed by atoms with Crippen LogP contribution in [0.3, 0.4) is 0 Å². The minimum absolute atomic E-state index is 0.131. The highest BCUT2D eigenvalue weighted by atomic mass is 16.4. The van der Waals surface area contributed by atoms with Gasteiger partial charge in [0, 0.05) is 18.8 Å². The molecular weight excluding hydrogens is 258 g/mol. The molecule has 2 rings (SSSR count). The molecule has 0 saturated carbocycles. The van der Waals surface area contributed by atoms with Crippen LogP contribution in [-0.2, 0) is 6.54 Å². The topological polar surface area (TPSA) is 92.9 Å². The van der Waals surface area contributed by atoms with E-state index >= 15 is 0 Å². The molecule has 2 aromatic heterocycles. The fourth-order valence-electron chi connectivity index (χ4n) is 1.97. The van der Waals surface area contributed by atoms with Crippen molar-refractivity contribution in [1.82, 2.24) is 20.0 Å². The van der Waals surface area contributed by atoms with Crippen LogP contribution in [0.25, 0.3) is 0 Å². The molecule has 106 valence electrons. The first-order valence-corrected chi connectivity index (χ1v) is 6.38. The van der Waals surface area contributed by atoms with Crippen molar-refractivity contribution >= 4 is 11.8 Å². The molecule has 7 heteroatoms.